The van der Waals surface area contributed by atoms with Crippen LogP contribution in [0.15, 0.2) is 18.5 Å². The molecule has 0 saturated heterocycles. The lowest BCUT2D eigenvalue weighted by molar-refractivity contribution is 0.154. The molecule has 1 aromatic heterocycles. The Bertz CT molecular complexity index is 213. The summed E-state index contributed by atoms with van der Waals surface area (Å²) in [6.07, 6.45) is 5.66. The van der Waals surface area contributed by atoms with Crippen LogP contribution in [0.5, 0.6) is 0 Å². The second kappa shape index (κ2) is 4.83. The van der Waals surface area contributed by atoms with Crippen LogP contribution in [-0.2, 0) is 0 Å². The summed E-state index contributed by atoms with van der Waals surface area (Å²) in [6.45, 7) is 2.10. The van der Waals surface area contributed by atoms with E-state index < -0.39 is 6.10 Å². The number of unbranched alkanes of at least 4 members (excludes halogenated alkanes) is 1. The minimum absolute atomic E-state index is 0.494. The third-order valence-corrected chi connectivity index (χ3v) is 1.71. The molecule has 0 fully saturated rings. The van der Waals surface area contributed by atoms with E-state index in [0.717, 1.165) is 19.3 Å². The van der Waals surface area contributed by atoms with Crippen LogP contribution in [0.4, 0.5) is 0 Å². The van der Waals surface area contributed by atoms with Crippen molar-refractivity contribution in [3.63, 3.8) is 0 Å². The SMILES string of the molecule is CCCCC(O)c1ncccn1. The molecule has 1 rings (SSSR count). The number of aliphatic hydroxyl groups is 1. The Morgan fingerprint density at radius 1 is 1.42 bits per heavy atom. The van der Waals surface area contributed by atoms with Gasteiger partial charge in [-0.2, -0.15) is 0 Å². The molecule has 0 aliphatic heterocycles. The van der Waals surface area contributed by atoms with Crippen LogP contribution < -0.4 is 0 Å². The lowest BCUT2D eigenvalue weighted by Gasteiger charge is -2.06. The van der Waals surface area contributed by atoms with E-state index in [9.17, 15) is 5.11 Å². The predicted octanol–water partition coefficient (Wildman–Crippen LogP) is 1.70. The highest BCUT2D eigenvalue weighted by Gasteiger charge is 2.07. The predicted molar refractivity (Wildman–Crippen MR) is 46.5 cm³/mol. The number of aromatic nitrogens is 2. The zero-order chi connectivity index (χ0) is 8.81. The van der Waals surface area contributed by atoms with E-state index in [4.69, 9.17) is 0 Å². The van der Waals surface area contributed by atoms with Crippen molar-refractivity contribution in [3.05, 3.63) is 24.3 Å². The van der Waals surface area contributed by atoms with E-state index >= 15 is 0 Å². The van der Waals surface area contributed by atoms with Crippen LogP contribution in [0.1, 0.15) is 38.1 Å². The monoisotopic (exact) mass is 166 g/mol. The van der Waals surface area contributed by atoms with E-state index in [1.165, 1.54) is 0 Å². The highest BCUT2D eigenvalue weighted by atomic mass is 16.3. The van der Waals surface area contributed by atoms with Crippen molar-refractivity contribution < 1.29 is 5.11 Å². The molecule has 1 N–H and O–H groups in total. The van der Waals surface area contributed by atoms with Gasteiger partial charge >= 0.3 is 0 Å². The first-order valence-electron chi connectivity index (χ1n) is 4.29. The zero-order valence-electron chi connectivity index (χ0n) is 7.27. The summed E-state index contributed by atoms with van der Waals surface area (Å²) in [5.74, 6) is 0.533. The van der Waals surface area contributed by atoms with Crippen molar-refractivity contribution >= 4 is 0 Å². The van der Waals surface area contributed by atoms with Gasteiger partial charge in [-0.05, 0) is 12.5 Å². The standard InChI is InChI=1S/C9H14N2O/c1-2-3-5-8(12)9-10-6-4-7-11-9/h4,6-8,12H,2-3,5H2,1H3. The maximum Gasteiger partial charge on any atom is 0.156 e. The minimum Gasteiger partial charge on any atom is -0.385 e. The molecule has 0 bridgehead atoms. The van der Waals surface area contributed by atoms with E-state index in [0.29, 0.717) is 5.82 Å². The molecule has 1 unspecified atom stereocenters. The van der Waals surface area contributed by atoms with Crippen molar-refractivity contribution in [2.75, 3.05) is 0 Å². The van der Waals surface area contributed by atoms with E-state index in [1.54, 1.807) is 18.5 Å². The molecule has 0 aliphatic rings. The molecule has 1 aromatic rings. The number of hydrogen-bond acceptors (Lipinski definition) is 3. The van der Waals surface area contributed by atoms with Crippen molar-refractivity contribution in [1.29, 1.82) is 0 Å². The average Bonchev–Trinajstić information content (AvgIpc) is 2.15. The maximum atomic E-state index is 9.53. The fourth-order valence-corrected chi connectivity index (χ4v) is 1.01. The second-order valence-electron chi connectivity index (χ2n) is 2.77. The Hall–Kier alpha value is -0.960. The Morgan fingerprint density at radius 3 is 2.67 bits per heavy atom. The van der Waals surface area contributed by atoms with Gasteiger partial charge in [0.15, 0.2) is 5.82 Å². The van der Waals surface area contributed by atoms with Gasteiger partial charge in [-0.3, -0.25) is 0 Å². The van der Waals surface area contributed by atoms with Crippen molar-refractivity contribution in [1.82, 2.24) is 9.97 Å². The summed E-state index contributed by atoms with van der Waals surface area (Å²) in [7, 11) is 0. The number of nitrogens with zero attached hydrogens (tertiary/aromatic N) is 2. The minimum atomic E-state index is -0.494. The highest BCUT2D eigenvalue weighted by Crippen LogP contribution is 2.13. The average molecular weight is 166 g/mol. The molecule has 0 radical (unpaired) electrons. The molecule has 0 spiro atoms. The van der Waals surface area contributed by atoms with Gasteiger partial charge in [-0.25, -0.2) is 9.97 Å². The Kier molecular flexibility index (Phi) is 3.67. The first-order chi connectivity index (χ1) is 5.84. The first-order valence-corrected chi connectivity index (χ1v) is 4.29. The van der Waals surface area contributed by atoms with Gasteiger partial charge in [0, 0.05) is 12.4 Å². The summed E-state index contributed by atoms with van der Waals surface area (Å²) in [5.41, 5.74) is 0. The fraction of sp³-hybridized carbons (Fsp3) is 0.556. The van der Waals surface area contributed by atoms with E-state index in [2.05, 4.69) is 16.9 Å². The van der Waals surface area contributed by atoms with Gasteiger partial charge in [-0.1, -0.05) is 19.8 Å². The molecule has 12 heavy (non-hydrogen) atoms. The number of hydrogen-bond donors (Lipinski definition) is 1. The van der Waals surface area contributed by atoms with Gasteiger partial charge < -0.3 is 5.11 Å². The largest absolute Gasteiger partial charge is 0.385 e. The molecule has 0 saturated carbocycles. The third-order valence-electron chi connectivity index (χ3n) is 1.71. The van der Waals surface area contributed by atoms with Gasteiger partial charge in [-0.15, -0.1) is 0 Å². The molecular weight excluding hydrogens is 152 g/mol. The van der Waals surface area contributed by atoms with Crippen molar-refractivity contribution in [2.45, 2.75) is 32.3 Å². The van der Waals surface area contributed by atoms with Gasteiger partial charge in [0.25, 0.3) is 0 Å². The molecule has 1 atom stereocenters. The summed E-state index contributed by atoms with van der Waals surface area (Å²) in [6, 6.07) is 1.75. The third kappa shape index (κ3) is 2.58. The van der Waals surface area contributed by atoms with Crippen molar-refractivity contribution in [2.24, 2.45) is 0 Å². The Morgan fingerprint density at radius 2 is 2.08 bits per heavy atom. The molecule has 0 amide bonds. The highest BCUT2D eigenvalue weighted by molar-refractivity contribution is 4.92. The fourth-order valence-electron chi connectivity index (χ4n) is 1.01. The number of rotatable bonds is 4. The summed E-state index contributed by atoms with van der Waals surface area (Å²) in [4.78, 5) is 7.94. The van der Waals surface area contributed by atoms with Gasteiger partial charge in [0.2, 0.25) is 0 Å². The van der Waals surface area contributed by atoms with Crippen LogP contribution in [0.25, 0.3) is 0 Å². The van der Waals surface area contributed by atoms with E-state index in [1.807, 2.05) is 0 Å². The summed E-state index contributed by atoms with van der Waals surface area (Å²) in [5, 5.41) is 9.53. The van der Waals surface area contributed by atoms with E-state index in [-0.39, 0.29) is 0 Å². The van der Waals surface area contributed by atoms with Crippen LogP contribution in [0.3, 0.4) is 0 Å². The van der Waals surface area contributed by atoms with Gasteiger partial charge in [0.05, 0.1) is 0 Å². The smallest absolute Gasteiger partial charge is 0.156 e. The molecule has 3 nitrogen and oxygen atoms in total. The zero-order valence-corrected chi connectivity index (χ0v) is 7.27. The lowest BCUT2D eigenvalue weighted by Crippen LogP contribution is -2.02. The Balaban J connectivity index is 2.48. The molecule has 0 aliphatic carbocycles. The topological polar surface area (TPSA) is 46.0 Å². The van der Waals surface area contributed by atoms with Gasteiger partial charge in [0.1, 0.15) is 6.10 Å². The normalized spacial score (nSPS) is 12.8. The number of aliphatic hydroxyl groups excluding tert-OH is 1. The van der Waals surface area contributed by atoms with Crippen LogP contribution in [0.2, 0.25) is 0 Å². The Labute approximate surface area is 72.5 Å². The lowest BCUT2D eigenvalue weighted by atomic mass is 10.1. The summed E-state index contributed by atoms with van der Waals surface area (Å²) < 4.78 is 0. The summed E-state index contributed by atoms with van der Waals surface area (Å²) >= 11 is 0. The molecule has 3 heteroatoms. The van der Waals surface area contributed by atoms with Crippen molar-refractivity contribution in [3.8, 4) is 0 Å². The molecular formula is C9H14N2O. The molecule has 1 heterocycles. The second-order valence-corrected chi connectivity index (χ2v) is 2.77. The first kappa shape index (κ1) is 9.13. The quantitative estimate of drug-likeness (QED) is 0.740. The van der Waals surface area contributed by atoms with Crippen LogP contribution >= 0.6 is 0 Å². The molecule has 66 valence electrons. The van der Waals surface area contributed by atoms with Crippen LogP contribution in [-0.4, -0.2) is 15.1 Å². The molecule has 0 aromatic carbocycles. The van der Waals surface area contributed by atoms with Crippen LogP contribution in [0, 0.1) is 0 Å². The maximum absolute atomic E-state index is 9.53.